The number of carbonyl (C=O) groups excluding carboxylic acids is 2. The first-order valence-electron chi connectivity index (χ1n) is 8.84. The van der Waals surface area contributed by atoms with Crippen LogP contribution in [0.1, 0.15) is 64.2 Å². The molecule has 0 aliphatic carbocycles. The summed E-state index contributed by atoms with van der Waals surface area (Å²) in [6.45, 7) is 11.7. The van der Waals surface area contributed by atoms with Crippen LogP contribution in [0, 0.1) is 34.5 Å². The Labute approximate surface area is 159 Å². The van der Waals surface area contributed by atoms with Crippen LogP contribution in [-0.2, 0) is 20.4 Å². The average Bonchev–Trinajstić information content (AvgIpc) is 2.52. The first kappa shape index (κ1) is 20.5. The van der Waals surface area contributed by atoms with Crippen LogP contribution in [0.3, 0.4) is 0 Å². The van der Waals surface area contributed by atoms with Crippen LogP contribution in [0.2, 0.25) is 0 Å². The monoisotopic (exact) mass is 367 g/mol. The van der Waals surface area contributed by atoms with Gasteiger partial charge in [0.2, 0.25) is 11.8 Å². The maximum Gasteiger partial charge on any atom is 0.244 e. The molecule has 2 N–H and O–H groups in total. The van der Waals surface area contributed by atoms with Crippen LogP contribution >= 0.6 is 0 Å². The van der Waals surface area contributed by atoms with Gasteiger partial charge in [-0.2, -0.15) is 10.5 Å². The van der Waals surface area contributed by atoms with E-state index in [0.29, 0.717) is 16.7 Å². The highest BCUT2D eigenvalue weighted by Crippen LogP contribution is 2.44. The fourth-order valence-corrected chi connectivity index (χ4v) is 3.45. The average molecular weight is 367 g/mol. The lowest BCUT2D eigenvalue weighted by molar-refractivity contribution is -0.137. The van der Waals surface area contributed by atoms with Gasteiger partial charge in [-0.15, -0.1) is 0 Å². The molecule has 0 spiro atoms. The van der Waals surface area contributed by atoms with Gasteiger partial charge in [0.05, 0.1) is 12.1 Å². The molecule has 6 nitrogen and oxygen atoms in total. The Morgan fingerprint density at radius 3 is 1.56 bits per heavy atom. The Morgan fingerprint density at radius 2 is 1.26 bits per heavy atom. The molecule has 1 aromatic carbocycles. The molecule has 27 heavy (non-hydrogen) atoms. The molecule has 0 saturated carbocycles. The normalized spacial score (nSPS) is 23.3. The second-order valence-electron chi connectivity index (χ2n) is 9.06. The van der Waals surface area contributed by atoms with Crippen molar-refractivity contribution in [1.29, 1.82) is 10.5 Å². The van der Waals surface area contributed by atoms with E-state index in [2.05, 4.69) is 5.32 Å². The summed E-state index contributed by atoms with van der Waals surface area (Å²) in [6.07, 6.45) is 0. The Morgan fingerprint density at radius 1 is 0.889 bits per heavy atom. The number of nitrogens with one attached hydrogen (secondary N) is 1. The first-order chi connectivity index (χ1) is 12.3. The minimum absolute atomic E-state index is 0.160. The zero-order valence-electron chi connectivity index (χ0n) is 16.5. The predicted molar refractivity (Wildman–Crippen MR) is 99.6 cm³/mol. The number of phenolic OH excluding ortho intramolecular Hbond substituents is 1. The highest BCUT2D eigenvalue weighted by atomic mass is 16.3. The first-order valence-corrected chi connectivity index (χ1v) is 8.84. The number of benzene rings is 1. The molecule has 3 atom stereocenters. The molecule has 142 valence electrons. The molecule has 6 heteroatoms. The number of amides is 2. The zero-order chi connectivity index (χ0) is 20.7. The standard InChI is InChI=1S/C21H25N3O3/c1-20(2,3)14-7-11(8-15(17(14)25)21(4,5)6)16-12(9-22)18(26)24-19(27)13(16)10-23/h7-8,12-13,16,25H,1-6H3,(H,24,26,27)/t12-,13+,16?. The van der Waals surface area contributed by atoms with Gasteiger partial charge in [0.25, 0.3) is 0 Å². The van der Waals surface area contributed by atoms with E-state index in [4.69, 9.17) is 0 Å². The summed E-state index contributed by atoms with van der Waals surface area (Å²) in [7, 11) is 0. The van der Waals surface area contributed by atoms with Gasteiger partial charge in [0, 0.05) is 5.92 Å². The Balaban J connectivity index is 2.83. The molecule has 1 aromatic rings. The van der Waals surface area contributed by atoms with E-state index in [0.717, 1.165) is 0 Å². The number of rotatable bonds is 1. The van der Waals surface area contributed by atoms with Crippen molar-refractivity contribution in [3.05, 3.63) is 28.8 Å². The topological polar surface area (TPSA) is 114 Å². The molecule has 0 aromatic heterocycles. The van der Waals surface area contributed by atoms with Gasteiger partial charge in [0.1, 0.15) is 17.6 Å². The summed E-state index contributed by atoms with van der Waals surface area (Å²) < 4.78 is 0. The SMILES string of the molecule is CC(C)(C)c1cc(C2[C@H](C#N)C(=O)NC(=O)[C@@H]2C#N)cc(C(C)(C)C)c1O. The lowest BCUT2D eigenvalue weighted by Gasteiger charge is -2.33. The minimum atomic E-state index is -1.16. The van der Waals surface area contributed by atoms with Crippen molar-refractivity contribution in [2.45, 2.75) is 58.3 Å². The van der Waals surface area contributed by atoms with E-state index in [1.54, 1.807) is 12.1 Å². The maximum atomic E-state index is 12.2. The molecule has 0 bridgehead atoms. The Bertz CT molecular complexity index is 809. The quantitative estimate of drug-likeness (QED) is 0.741. The van der Waals surface area contributed by atoms with Gasteiger partial charge in [0.15, 0.2) is 0 Å². The highest BCUT2D eigenvalue weighted by Gasteiger charge is 2.46. The third kappa shape index (κ3) is 3.66. The van der Waals surface area contributed by atoms with E-state index in [-0.39, 0.29) is 5.75 Å². The third-order valence-corrected chi connectivity index (χ3v) is 4.94. The van der Waals surface area contributed by atoms with Crippen molar-refractivity contribution >= 4 is 11.8 Å². The molecular weight excluding hydrogens is 342 g/mol. The van der Waals surface area contributed by atoms with Gasteiger partial charge in [-0.1, -0.05) is 53.7 Å². The number of nitrogens with zero attached hydrogens (tertiary/aromatic N) is 2. The Hall–Kier alpha value is -2.86. The number of phenols is 1. The second-order valence-corrected chi connectivity index (χ2v) is 9.06. The maximum absolute atomic E-state index is 12.2. The van der Waals surface area contributed by atoms with Crippen molar-refractivity contribution in [3.8, 4) is 17.9 Å². The highest BCUT2D eigenvalue weighted by molar-refractivity contribution is 6.03. The van der Waals surface area contributed by atoms with Crippen LogP contribution in [-0.4, -0.2) is 16.9 Å². The number of hydrogen-bond donors (Lipinski definition) is 2. The predicted octanol–water partition coefficient (Wildman–Crippen LogP) is 3.01. The summed E-state index contributed by atoms with van der Waals surface area (Å²) in [4.78, 5) is 24.4. The molecule has 1 unspecified atom stereocenters. The molecule has 1 aliphatic rings. The summed E-state index contributed by atoms with van der Waals surface area (Å²) in [6, 6.07) is 7.32. The Kier molecular flexibility index (Phi) is 5.08. The van der Waals surface area contributed by atoms with Crippen molar-refractivity contribution in [2.75, 3.05) is 0 Å². The fourth-order valence-electron chi connectivity index (χ4n) is 3.45. The summed E-state index contributed by atoms with van der Waals surface area (Å²) >= 11 is 0. The van der Waals surface area contributed by atoms with Crippen LogP contribution in [0.5, 0.6) is 5.75 Å². The number of carbonyl (C=O) groups is 2. The van der Waals surface area contributed by atoms with E-state index in [9.17, 15) is 25.2 Å². The van der Waals surface area contributed by atoms with Gasteiger partial charge in [-0.3, -0.25) is 14.9 Å². The molecule has 0 radical (unpaired) electrons. The molecule has 2 rings (SSSR count). The summed E-state index contributed by atoms with van der Waals surface area (Å²) in [5.41, 5.74) is 1.02. The van der Waals surface area contributed by atoms with Crippen LogP contribution in [0.25, 0.3) is 0 Å². The number of imide groups is 1. The number of nitriles is 2. The van der Waals surface area contributed by atoms with Crippen molar-refractivity contribution < 1.29 is 14.7 Å². The van der Waals surface area contributed by atoms with E-state index in [1.807, 2.05) is 53.7 Å². The molecule has 1 fully saturated rings. The smallest absolute Gasteiger partial charge is 0.244 e. The molecule has 1 heterocycles. The van der Waals surface area contributed by atoms with E-state index in [1.165, 1.54) is 0 Å². The molecule has 1 saturated heterocycles. The lowest BCUT2D eigenvalue weighted by Crippen LogP contribution is -2.49. The largest absolute Gasteiger partial charge is 0.507 e. The molecule has 1 aliphatic heterocycles. The number of aromatic hydroxyl groups is 1. The summed E-state index contributed by atoms with van der Waals surface area (Å²) in [5, 5.41) is 32.0. The van der Waals surface area contributed by atoms with Gasteiger partial charge < -0.3 is 5.11 Å². The van der Waals surface area contributed by atoms with Crippen molar-refractivity contribution in [1.82, 2.24) is 5.32 Å². The van der Waals surface area contributed by atoms with Crippen LogP contribution in [0.4, 0.5) is 0 Å². The van der Waals surface area contributed by atoms with Gasteiger partial charge in [-0.25, -0.2) is 0 Å². The zero-order valence-corrected chi connectivity index (χ0v) is 16.5. The second kappa shape index (κ2) is 6.70. The minimum Gasteiger partial charge on any atom is -0.507 e. The fraction of sp³-hybridized carbons (Fsp3) is 0.524. The lowest BCUT2D eigenvalue weighted by atomic mass is 9.71. The number of hydrogen-bond acceptors (Lipinski definition) is 5. The van der Waals surface area contributed by atoms with Crippen LogP contribution in [0.15, 0.2) is 12.1 Å². The van der Waals surface area contributed by atoms with E-state index >= 15 is 0 Å². The molecular formula is C21H25N3O3. The molecule has 2 amide bonds. The number of piperidine rings is 1. The third-order valence-electron chi connectivity index (χ3n) is 4.94. The van der Waals surface area contributed by atoms with Crippen molar-refractivity contribution in [2.24, 2.45) is 11.8 Å². The van der Waals surface area contributed by atoms with Crippen LogP contribution < -0.4 is 5.32 Å². The van der Waals surface area contributed by atoms with Gasteiger partial charge >= 0.3 is 0 Å². The van der Waals surface area contributed by atoms with Gasteiger partial charge in [-0.05, 0) is 27.5 Å². The summed E-state index contributed by atoms with van der Waals surface area (Å²) in [5.74, 6) is -4.42. The van der Waals surface area contributed by atoms with Crippen molar-refractivity contribution in [3.63, 3.8) is 0 Å². The van der Waals surface area contributed by atoms with E-state index < -0.39 is 40.4 Å².